The zero-order valence-electron chi connectivity index (χ0n) is 17.5. The van der Waals surface area contributed by atoms with Crippen molar-refractivity contribution in [3.63, 3.8) is 0 Å². The number of benzene rings is 1. The predicted molar refractivity (Wildman–Crippen MR) is 108 cm³/mol. The highest BCUT2D eigenvalue weighted by Crippen LogP contribution is 2.30. The van der Waals surface area contributed by atoms with Gasteiger partial charge in [0.1, 0.15) is 5.60 Å². The highest BCUT2D eigenvalue weighted by atomic mass is 16.6. The van der Waals surface area contributed by atoms with Crippen molar-refractivity contribution in [2.75, 3.05) is 40.4 Å². The van der Waals surface area contributed by atoms with E-state index in [4.69, 9.17) is 14.2 Å². The number of nitrogens with one attached hydrogen (secondary N) is 3. The third-order valence-corrected chi connectivity index (χ3v) is 3.66. The number of rotatable bonds is 11. The summed E-state index contributed by atoms with van der Waals surface area (Å²) in [7, 11) is 3.05. The maximum absolute atomic E-state index is 12.3. The van der Waals surface area contributed by atoms with E-state index < -0.39 is 11.7 Å². The van der Waals surface area contributed by atoms with Crippen molar-refractivity contribution < 1.29 is 23.8 Å². The van der Waals surface area contributed by atoms with Gasteiger partial charge in [0, 0.05) is 13.1 Å². The van der Waals surface area contributed by atoms with E-state index in [2.05, 4.69) is 16.0 Å². The van der Waals surface area contributed by atoms with Crippen molar-refractivity contribution in [2.24, 2.45) is 0 Å². The standard InChI is InChI=1S/C20H33N3O5/c1-20(2,3)28-19(25)23-14-8-12-21-11-7-13-22-18(24)15-9-6-10-16(26-4)17(15)27-5/h6,9-10,21H,7-8,11-14H2,1-5H3,(H,22,24)(H,23,25). The molecule has 0 saturated heterocycles. The van der Waals surface area contributed by atoms with E-state index in [0.29, 0.717) is 30.2 Å². The number of hydrogen-bond donors (Lipinski definition) is 3. The molecular weight excluding hydrogens is 362 g/mol. The monoisotopic (exact) mass is 395 g/mol. The van der Waals surface area contributed by atoms with E-state index in [1.807, 2.05) is 20.8 Å². The summed E-state index contributed by atoms with van der Waals surface area (Å²) in [4.78, 5) is 23.8. The zero-order chi connectivity index (χ0) is 21.0. The fourth-order valence-corrected chi connectivity index (χ4v) is 2.42. The number of alkyl carbamates (subject to hydrolysis) is 1. The molecule has 0 fully saturated rings. The Balaban J connectivity index is 2.15. The predicted octanol–water partition coefficient (Wildman–Crippen LogP) is 2.33. The second-order valence-corrected chi connectivity index (χ2v) is 7.18. The third kappa shape index (κ3) is 8.94. The van der Waals surface area contributed by atoms with Crippen LogP contribution < -0.4 is 25.4 Å². The Bertz CT molecular complexity index is 629. The molecule has 0 unspecified atom stereocenters. The van der Waals surface area contributed by atoms with Crippen LogP contribution in [0.25, 0.3) is 0 Å². The number of amides is 2. The summed E-state index contributed by atoms with van der Waals surface area (Å²) in [5, 5.41) is 8.86. The second kappa shape index (κ2) is 12.1. The molecule has 158 valence electrons. The SMILES string of the molecule is COc1cccc(C(=O)NCCCNCCCNC(=O)OC(C)(C)C)c1OC. The van der Waals surface area contributed by atoms with Gasteiger partial charge in [-0.2, -0.15) is 0 Å². The Morgan fingerprint density at radius 1 is 0.929 bits per heavy atom. The normalized spacial score (nSPS) is 10.9. The molecule has 28 heavy (non-hydrogen) atoms. The highest BCUT2D eigenvalue weighted by Gasteiger charge is 2.16. The zero-order valence-corrected chi connectivity index (χ0v) is 17.5. The summed E-state index contributed by atoms with van der Waals surface area (Å²) < 4.78 is 15.6. The van der Waals surface area contributed by atoms with Crippen LogP contribution in [0.1, 0.15) is 44.0 Å². The van der Waals surface area contributed by atoms with Crippen molar-refractivity contribution in [3.05, 3.63) is 23.8 Å². The van der Waals surface area contributed by atoms with Crippen molar-refractivity contribution >= 4 is 12.0 Å². The molecule has 0 aromatic heterocycles. The average Bonchev–Trinajstić information content (AvgIpc) is 2.64. The summed E-state index contributed by atoms with van der Waals surface area (Å²) in [6, 6.07) is 5.20. The maximum atomic E-state index is 12.3. The number of hydrogen-bond acceptors (Lipinski definition) is 6. The molecule has 2 amide bonds. The average molecular weight is 396 g/mol. The highest BCUT2D eigenvalue weighted by molar-refractivity contribution is 5.97. The number of carbonyl (C=O) groups is 2. The molecular formula is C20H33N3O5. The molecule has 8 heteroatoms. The Kier molecular flexibility index (Phi) is 10.2. The lowest BCUT2D eigenvalue weighted by Crippen LogP contribution is -2.34. The first kappa shape index (κ1) is 23.6. The fourth-order valence-electron chi connectivity index (χ4n) is 2.42. The quantitative estimate of drug-likeness (QED) is 0.498. The molecule has 0 radical (unpaired) electrons. The molecule has 1 aromatic rings. The van der Waals surface area contributed by atoms with Gasteiger partial charge in [0.2, 0.25) is 0 Å². The largest absolute Gasteiger partial charge is 0.493 e. The lowest BCUT2D eigenvalue weighted by molar-refractivity contribution is 0.0527. The first-order chi connectivity index (χ1) is 13.3. The van der Waals surface area contributed by atoms with Crippen LogP contribution in [0, 0.1) is 0 Å². The van der Waals surface area contributed by atoms with E-state index in [-0.39, 0.29) is 5.91 Å². The fraction of sp³-hybridized carbons (Fsp3) is 0.600. The number of carbonyl (C=O) groups excluding carboxylic acids is 2. The molecule has 1 aromatic carbocycles. The minimum atomic E-state index is -0.484. The molecule has 0 aliphatic carbocycles. The van der Waals surface area contributed by atoms with Crippen molar-refractivity contribution in [3.8, 4) is 11.5 Å². The molecule has 0 aliphatic rings. The van der Waals surface area contributed by atoms with E-state index in [1.165, 1.54) is 14.2 Å². The van der Waals surface area contributed by atoms with Gasteiger partial charge in [0.05, 0.1) is 19.8 Å². The van der Waals surface area contributed by atoms with Crippen molar-refractivity contribution in [1.82, 2.24) is 16.0 Å². The Labute approximate surface area is 167 Å². The van der Waals surface area contributed by atoms with E-state index in [0.717, 1.165) is 25.9 Å². The van der Waals surface area contributed by atoms with Gasteiger partial charge in [0.25, 0.3) is 5.91 Å². The van der Waals surface area contributed by atoms with Crippen LogP contribution in [0.5, 0.6) is 11.5 Å². The molecule has 0 heterocycles. The van der Waals surface area contributed by atoms with Gasteiger partial charge >= 0.3 is 6.09 Å². The smallest absolute Gasteiger partial charge is 0.407 e. The summed E-state index contributed by atoms with van der Waals surface area (Å²) in [5.41, 5.74) is -0.0372. The first-order valence-corrected chi connectivity index (χ1v) is 9.45. The summed E-state index contributed by atoms with van der Waals surface area (Å²) in [6.07, 6.45) is 1.19. The van der Waals surface area contributed by atoms with Crippen molar-refractivity contribution in [1.29, 1.82) is 0 Å². The van der Waals surface area contributed by atoms with Gasteiger partial charge in [-0.1, -0.05) is 6.07 Å². The molecule has 0 aliphatic heterocycles. The van der Waals surface area contributed by atoms with Gasteiger partial charge in [-0.25, -0.2) is 4.79 Å². The molecule has 0 atom stereocenters. The van der Waals surface area contributed by atoms with Gasteiger partial charge in [-0.15, -0.1) is 0 Å². The number of para-hydroxylation sites is 1. The van der Waals surface area contributed by atoms with Crippen LogP contribution >= 0.6 is 0 Å². The molecule has 1 rings (SSSR count). The Morgan fingerprint density at radius 3 is 2.14 bits per heavy atom. The number of ether oxygens (including phenoxy) is 3. The van der Waals surface area contributed by atoms with Gasteiger partial charge in [-0.3, -0.25) is 4.79 Å². The summed E-state index contributed by atoms with van der Waals surface area (Å²) >= 11 is 0. The molecule has 3 N–H and O–H groups in total. The maximum Gasteiger partial charge on any atom is 0.407 e. The van der Waals surface area contributed by atoms with E-state index in [1.54, 1.807) is 18.2 Å². The molecule has 0 bridgehead atoms. The molecule has 0 spiro atoms. The van der Waals surface area contributed by atoms with Crippen molar-refractivity contribution in [2.45, 2.75) is 39.2 Å². The third-order valence-electron chi connectivity index (χ3n) is 3.66. The van der Waals surface area contributed by atoms with Crippen LogP contribution in [0.3, 0.4) is 0 Å². The Morgan fingerprint density at radius 2 is 1.57 bits per heavy atom. The summed E-state index contributed by atoms with van der Waals surface area (Å²) in [6.45, 7) is 8.12. The van der Waals surface area contributed by atoms with Gasteiger partial charge in [0.15, 0.2) is 11.5 Å². The Hall–Kier alpha value is -2.48. The number of methoxy groups -OCH3 is 2. The lowest BCUT2D eigenvalue weighted by Gasteiger charge is -2.19. The van der Waals surface area contributed by atoms with Gasteiger partial charge in [-0.05, 0) is 58.8 Å². The van der Waals surface area contributed by atoms with Gasteiger partial charge < -0.3 is 30.2 Å². The van der Waals surface area contributed by atoms with E-state index in [9.17, 15) is 9.59 Å². The second-order valence-electron chi connectivity index (χ2n) is 7.18. The first-order valence-electron chi connectivity index (χ1n) is 9.45. The van der Waals surface area contributed by atoms with Crippen LogP contribution in [0.2, 0.25) is 0 Å². The van der Waals surface area contributed by atoms with Crippen LogP contribution in [-0.4, -0.2) is 58.0 Å². The molecule has 0 saturated carbocycles. The lowest BCUT2D eigenvalue weighted by atomic mass is 10.1. The molecule has 8 nitrogen and oxygen atoms in total. The minimum absolute atomic E-state index is 0.197. The summed E-state index contributed by atoms with van der Waals surface area (Å²) in [5.74, 6) is 0.757. The topological polar surface area (TPSA) is 97.9 Å². The van der Waals surface area contributed by atoms with E-state index >= 15 is 0 Å². The minimum Gasteiger partial charge on any atom is -0.493 e. The van der Waals surface area contributed by atoms with Crippen LogP contribution in [0.15, 0.2) is 18.2 Å². The van der Waals surface area contributed by atoms with Crippen LogP contribution in [0.4, 0.5) is 4.79 Å². The van der Waals surface area contributed by atoms with Crippen LogP contribution in [-0.2, 0) is 4.74 Å².